The molecule has 1 unspecified atom stereocenters. The summed E-state index contributed by atoms with van der Waals surface area (Å²) in [5.74, 6) is -0.127. The van der Waals surface area contributed by atoms with E-state index >= 15 is 0 Å². The average Bonchev–Trinajstić information content (AvgIpc) is 2.70. The molecule has 0 bridgehead atoms. The van der Waals surface area contributed by atoms with Crippen molar-refractivity contribution in [1.29, 1.82) is 0 Å². The third-order valence-electron chi connectivity index (χ3n) is 4.80. The minimum atomic E-state index is -0.391. The van der Waals surface area contributed by atoms with E-state index < -0.39 is 6.04 Å². The van der Waals surface area contributed by atoms with Gasteiger partial charge in [0, 0.05) is 36.6 Å². The summed E-state index contributed by atoms with van der Waals surface area (Å²) in [6.07, 6.45) is 0. The largest absolute Gasteiger partial charge is 0.379 e. The first-order chi connectivity index (χ1) is 13.5. The zero-order valence-corrected chi connectivity index (χ0v) is 16.4. The lowest BCUT2D eigenvalue weighted by molar-refractivity contribution is -0.116. The second kappa shape index (κ2) is 9.48. The fraction of sp³-hybridized carbons (Fsp3) is 0.364. The summed E-state index contributed by atoms with van der Waals surface area (Å²) < 4.78 is 5.38. The SMILES string of the molecule is CC(=O)c1ccc(NC(=O)C(C)Nc2ccc(CN3CCOCC3)cc2)cc1. The van der Waals surface area contributed by atoms with Gasteiger partial charge < -0.3 is 15.4 Å². The van der Waals surface area contributed by atoms with Gasteiger partial charge in [0.05, 0.1) is 13.2 Å². The number of nitrogens with one attached hydrogen (secondary N) is 2. The molecule has 6 nitrogen and oxygen atoms in total. The average molecular weight is 381 g/mol. The van der Waals surface area contributed by atoms with Crippen LogP contribution in [0.5, 0.6) is 0 Å². The van der Waals surface area contributed by atoms with Gasteiger partial charge in [0.1, 0.15) is 6.04 Å². The highest BCUT2D eigenvalue weighted by Crippen LogP contribution is 2.15. The van der Waals surface area contributed by atoms with Crippen molar-refractivity contribution in [3.8, 4) is 0 Å². The van der Waals surface area contributed by atoms with E-state index in [9.17, 15) is 9.59 Å². The molecule has 1 saturated heterocycles. The molecular formula is C22H27N3O3. The fourth-order valence-corrected chi connectivity index (χ4v) is 3.08. The Bertz CT molecular complexity index is 797. The molecule has 1 heterocycles. The Morgan fingerprint density at radius 1 is 1.00 bits per heavy atom. The van der Waals surface area contributed by atoms with Gasteiger partial charge >= 0.3 is 0 Å². The fourth-order valence-electron chi connectivity index (χ4n) is 3.08. The number of rotatable bonds is 7. The zero-order chi connectivity index (χ0) is 19.9. The first-order valence-electron chi connectivity index (χ1n) is 9.59. The smallest absolute Gasteiger partial charge is 0.246 e. The number of morpholine rings is 1. The van der Waals surface area contributed by atoms with Crippen molar-refractivity contribution in [3.63, 3.8) is 0 Å². The van der Waals surface area contributed by atoms with Crippen molar-refractivity contribution < 1.29 is 14.3 Å². The number of amides is 1. The number of hydrogen-bond acceptors (Lipinski definition) is 5. The molecule has 0 saturated carbocycles. The van der Waals surface area contributed by atoms with Gasteiger partial charge in [-0.25, -0.2) is 0 Å². The molecule has 1 atom stereocenters. The number of nitrogens with zero attached hydrogens (tertiary/aromatic N) is 1. The van der Waals surface area contributed by atoms with Crippen LogP contribution >= 0.6 is 0 Å². The summed E-state index contributed by atoms with van der Waals surface area (Å²) in [5.41, 5.74) is 3.45. The molecule has 1 amide bonds. The predicted molar refractivity (Wildman–Crippen MR) is 111 cm³/mol. The summed E-state index contributed by atoms with van der Waals surface area (Å²) in [6.45, 7) is 7.77. The topological polar surface area (TPSA) is 70.7 Å². The van der Waals surface area contributed by atoms with E-state index in [4.69, 9.17) is 4.74 Å². The molecule has 1 fully saturated rings. The molecular weight excluding hydrogens is 354 g/mol. The number of hydrogen-bond donors (Lipinski definition) is 2. The molecule has 0 spiro atoms. The van der Waals surface area contributed by atoms with Gasteiger partial charge in [-0.15, -0.1) is 0 Å². The first kappa shape index (κ1) is 20.0. The Kier molecular flexibility index (Phi) is 6.79. The first-order valence-corrected chi connectivity index (χ1v) is 9.59. The van der Waals surface area contributed by atoms with Crippen molar-refractivity contribution in [3.05, 3.63) is 59.7 Å². The Hall–Kier alpha value is -2.70. The summed E-state index contributed by atoms with van der Waals surface area (Å²) in [7, 11) is 0. The Labute approximate surface area is 165 Å². The molecule has 1 aliphatic rings. The van der Waals surface area contributed by atoms with Gasteiger partial charge in [-0.3, -0.25) is 14.5 Å². The standard InChI is InChI=1S/C22H27N3O3/c1-16(22(27)24-21-9-5-19(6-10-21)17(2)26)23-20-7-3-18(4-8-20)15-25-11-13-28-14-12-25/h3-10,16,23H,11-15H2,1-2H3,(H,24,27). The van der Waals surface area contributed by atoms with Crippen LogP contribution in [0.25, 0.3) is 0 Å². The maximum atomic E-state index is 12.4. The number of carbonyl (C=O) groups is 2. The van der Waals surface area contributed by atoms with Gasteiger partial charge in [0.25, 0.3) is 0 Å². The van der Waals surface area contributed by atoms with E-state index in [-0.39, 0.29) is 11.7 Å². The molecule has 2 N–H and O–H groups in total. The Morgan fingerprint density at radius 2 is 1.61 bits per heavy atom. The molecule has 0 aromatic heterocycles. The highest BCUT2D eigenvalue weighted by molar-refractivity contribution is 5.97. The molecule has 1 aliphatic heterocycles. The molecule has 0 radical (unpaired) electrons. The molecule has 28 heavy (non-hydrogen) atoms. The second-order valence-electron chi connectivity index (χ2n) is 7.07. The molecule has 2 aromatic carbocycles. The maximum absolute atomic E-state index is 12.4. The normalized spacial score (nSPS) is 15.6. The number of carbonyl (C=O) groups excluding carboxylic acids is 2. The van der Waals surface area contributed by atoms with Gasteiger partial charge in [-0.1, -0.05) is 12.1 Å². The minimum Gasteiger partial charge on any atom is -0.379 e. The summed E-state index contributed by atoms with van der Waals surface area (Å²) >= 11 is 0. The molecule has 2 aromatic rings. The molecule has 3 rings (SSSR count). The third kappa shape index (κ3) is 5.65. The van der Waals surface area contributed by atoms with Crippen molar-refractivity contribution in [2.75, 3.05) is 36.9 Å². The van der Waals surface area contributed by atoms with Crippen LogP contribution in [0.15, 0.2) is 48.5 Å². The zero-order valence-electron chi connectivity index (χ0n) is 16.4. The number of ketones is 1. The van der Waals surface area contributed by atoms with Crippen molar-refractivity contribution in [2.24, 2.45) is 0 Å². The van der Waals surface area contributed by atoms with Crippen LogP contribution in [0.4, 0.5) is 11.4 Å². The summed E-state index contributed by atoms with van der Waals surface area (Å²) in [6, 6.07) is 14.7. The van der Waals surface area contributed by atoms with Crippen molar-refractivity contribution >= 4 is 23.1 Å². The van der Waals surface area contributed by atoms with Gasteiger partial charge in [-0.2, -0.15) is 0 Å². The number of ether oxygens (including phenoxy) is 1. The van der Waals surface area contributed by atoms with Crippen LogP contribution in [-0.2, 0) is 16.1 Å². The monoisotopic (exact) mass is 381 g/mol. The van der Waals surface area contributed by atoms with Crippen LogP contribution in [0.1, 0.15) is 29.8 Å². The van der Waals surface area contributed by atoms with Crippen LogP contribution in [-0.4, -0.2) is 48.9 Å². The molecule has 6 heteroatoms. The summed E-state index contributed by atoms with van der Waals surface area (Å²) in [4.78, 5) is 26.1. The van der Waals surface area contributed by atoms with Gasteiger partial charge in [-0.05, 0) is 55.8 Å². The van der Waals surface area contributed by atoms with Crippen LogP contribution < -0.4 is 10.6 Å². The quantitative estimate of drug-likeness (QED) is 0.721. The van der Waals surface area contributed by atoms with E-state index in [0.717, 1.165) is 38.5 Å². The van der Waals surface area contributed by atoms with Crippen molar-refractivity contribution in [2.45, 2.75) is 26.4 Å². The lowest BCUT2D eigenvalue weighted by atomic mass is 10.1. The van der Waals surface area contributed by atoms with Gasteiger partial charge in [0.15, 0.2) is 5.78 Å². The van der Waals surface area contributed by atoms with Crippen LogP contribution in [0.2, 0.25) is 0 Å². The minimum absolute atomic E-state index is 0.00461. The predicted octanol–water partition coefficient (Wildman–Crippen LogP) is 3.16. The van der Waals surface area contributed by atoms with E-state index in [2.05, 4.69) is 27.7 Å². The Morgan fingerprint density at radius 3 is 2.21 bits per heavy atom. The number of benzene rings is 2. The Balaban J connectivity index is 1.50. The second-order valence-corrected chi connectivity index (χ2v) is 7.07. The number of Topliss-reactive ketones (excluding diaryl/α,β-unsaturated/α-hetero) is 1. The molecule has 148 valence electrons. The van der Waals surface area contributed by atoms with E-state index in [0.29, 0.717) is 11.3 Å². The van der Waals surface area contributed by atoms with Crippen LogP contribution in [0, 0.1) is 0 Å². The molecule has 0 aliphatic carbocycles. The lowest BCUT2D eigenvalue weighted by Crippen LogP contribution is -2.35. The van der Waals surface area contributed by atoms with Crippen molar-refractivity contribution in [1.82, 2.24) is 4.90 Å². The van der Waals surface area contributed by atoms with E-state index in [1.54, 1.807) is 24.3 Å². The van der Waals surface area contributed by atoms with Crippen LogP contribution in [0.3, 0.4) is 0 Å². The summed E-state index contributed by atoms with van der Waals surface area (Å²) in [5, 5.41) is 6.08. The third-order valence-corrected chi connectivity index (χ3v) is 4.80. The highest BCUT2D eigenvalue weighted by atomic mass is 16.5. The maximum Gasteiger partial charge on any atom is 0.246 e. The highest BCUT2D eigenvalue weighted by Gasteiger charge is 2.14. The van der Waals surface area contributed by atoms with E-state index in [1.807, 2.05) is 19.1 Å². The number of anilines is 2. The lowest BCUT2D eigenvalue weighted by Gasteiger charge is -2.26. The van der Waals surface area contributed by atoms with Gasteiger partial charge in [0.2, 0.25) is 5.91 Å². The van der Waals surface area contributed by atoms with E-state index in [1.165, 1.54) is 12.5 Å².